The minimum atomic E-state index is -1.28. The Bertz CT molecular complexity index is 1120. The van der Waals surface area contributed by atoms with Gasteiger partial charge in [-0.2, -0.15) is 24.4 Å². The fourth-order valence-electron chi connectivity index (χ4n) is 3.57. The number of aliphatic carboxylic acids is 1. The number of carboxylic acid groups (broad SMARTS) is 1. The smallest absolute Gasteiger partial charge is 0.327 e. The molecule has 39 heavy (non-hydrogen) atoms. The molecule has 0 saturated heterocycles. The van der Waals surface area contributed by atoms with Crippen molar-refractivity contribution in [1.82, 2.24) is 16.0 Å². The standard InChI is InChI=1S/C26H34N4O7S2/c1-39-11-10-20(28-23(33)19(27)12-15-2-6-17(31)7-3-15)24(34)29-21(13-16-4-8-18(32)9-5-16)25(35)30-22(14-38)26(36)37/h2-9,19-22,31-32,38H,10-14,27H2,1H3,(H,28,33)(H,29,34)(H,30,35)(H,36,37). The zero-order chi connectivity index (χ0) is 28.9. The van der Waals surface area contributed by atoms with Gasteiger partial charge < -0.3 is 37.0 Å². The van der Waals surface area contributed by atoms with Crippen LogP contribution < -0.4 is 21.7 Å². The van der Waals surface area contributed by atoms with Crippen molar-refractivity contribution in [3.8, 4) is 11.5 Å². The lowest BCUT2D eigenvalue weighted by atomic mass is 10.0. The SMILES string of the molecule is CSCCC(NC(=O)C(N)Cc1ccc(O)cc1)C(=O)NC(Cc1ccc(O)cc1)C(=O)NC(CS)C(=O)O. The number of aromatic hydroxyl groups is 2. The predicted octanol–water partition coefficient (Wildman–Crippen LogP) is 0.432. The fourth-order valence-corrected chi connectivity index (χ4v) is 4.29. The number of thiol groups is 1. The number of benzene rings is 2. The van der Waals surface area contributed by atoms with Gasteiger partial charge in [0.25, 0.3) is 0 Å². The van der Waals surface area contributed by atoms with E-state index >= 15 is 0 Å². The molecule has 0 saturated carbocycles. The normalized spacial score (nSPS) is 13.9. The van der Waals surface area contributed by atoms with Gasteiger partial charge in [0.05, 0.1) is 6.04 Å². The lowest BCUT2D eigenvalue weighted by molar-refractivity contribution is -0.141. The molecule has 2 aromatic rings. The Morgan fingerprint density at radius 1 is 0.795 bits per heavy atom. The van der Waals surface area contributed by atoms with Gasteiger partial charge in [-0.15, -0.1) is 0 Å². The molecule has 2 rings (SSSR count). The van der Waals surface area contributed by atoms with E-state index < -0.39 is 47.9 Å². The molecule has 0 aliphatic rings. The third-order valence-electron chi connectivity index (χ3n) is 5.78. The highest BCUT2D eigenvalue weighted by Gasteiger charge is 2.30. The summed E-state index contributed by atoms with van der Waals surface area (Å²) in [7, 11) is 0. The molecule has 2 aromatic carbocycles. The highest BCUT2D eigenvalue weighted by Crippen LogP contribution is 2.13. The number of rotatable bonds is 15. The molecule has 0 bridgehead atoms. The summed E-state index contributed by atoms with van der Waals surface area (Å²) in [6.45, 7) is 0. The summed E-state index contributed by atoms with van der Waals surface area (Å²) in [5.74, 6) is -2.74. The van der Waals surface area contributed by atoms with E-state index in [0.717, 1.165) is 5.56 Å². The first-order valence-electron chi connectivity index (χ1n) is 12.1. The van der Waals surface area contributed by atoms with Crippen LogP contribution in [-0.2, 0) is 32.0 Å². The van der Waals surface area contributed by atoms with Crippen LogP contribution in [0, 0.1) is 0 Å². The molecule has 0 fully saturated rings. The molecular formula is C26H34N4O7S2. The Kier molecular flexibility index (Phi) is 12.9. The first kappa shape index (κ1) is 31.8. The summed E-state index contributed by atoms with van der Waals surface area (Å²) in [5, 5.41) is 36.0. The fraction of sp³-hybridized carbons (Fsp3) is 0.385. The van der Waals surface area contributed by atoms with Crippen molar-refractivity contribution in [2.45, 2.75) is 43.4 Å². The maximum Gasteiger partial charge on any atom is 0.327 e. The lowest BCUT2D eigenvalue weighted by Gasteiger charge is -2.25. The van der Waals surface area contributed by atoms with Crippen molar-refractivity contribution in [2.75, 3.05) is 17.8 Å². The monoisotopic (exact) mass is 578 g/mol. The van der Waals surface area contributed by atoms with Crippen LogP contribution in [0.4, 0.5) is 0 Å². The van der Waals surface area contributed by atoms with E-state index in [0.29, 0.717) is 11.3 Å². The van der Waals surface area contributed by atoms with Crippen LogP contribution in [0.15, 0.2) is 48.5 Å². The van der Waals surface area contributed by atoms with Crippen molar-refractivity contribution < 1.29 is 34.5 Å². The topological polar surface area (TPSA) is 191 Å². The summed E-state index contributed by atoms with van der Waals surface area (Å²) in [6.07, 6.45) is 2.28. The third-order valence-corrected chi connectivity index (χ3v) is 6.79. The molecule has 212 valence electrons. The Hall–Kier alpha value is -3.42. The van der Waals surface area contributed by atoms with Gasteiger partial charge in [-0.05, 0) is 60.2 Å². The summed E-state index contributed by atoms with van der Waals surface area (Å²) in [4.78, 5) is 50.6. The van der Waals surface area contributed by atoms with E-state index in [2.05, 4.69) is 28.6 Å². The first-order chi connectivity index (χ1) is 18.5. The number of phenols is 2. The first-order valence-corrected chi connectivity index (χ1v) is 14.1. The molecule has 8 N–H and O–H groups in total. The number of carboxylic acids is 1. The Morgan fingerprint density at radius 3 is 1.74 bits per heavy atom. The molecule has 13 heteroatoms. The number of hydrogen-bond acceptors (Lipinski definition) is 9. The second-order valence-corrected chi connectivity index (χ2v) is 10.2. The Morgan fingerprint density at radius 2 is 1.26 bits per heavy atom. The van der Waals surface area contributed by atoms with Crippen LogP contribution in [0.25, 0.3) is 0 Å². The zero-order valence-corrected chi connectivity index (χ0v) is 23.1. The van der Waals surface area contributed by atoms with Gasteiger partial charge in [0.15, 0.2) is 0 Å². The minimum Gasteiger partial charge on any atom is -0.508 e. The summed E-state index contributed by atoms with van der Waals surface area (Å²) < 4.78 is 0. The van der Waals surface area contributed by atoms with Crippen molar-refractivity contribution in [3.63, 3.8) is 0 Å². The minimum absolute atomic E-state index is 0.000322. The van der Waals surface area contributed by atoms with Crippen molar-refractivity contribution in [3.05, 3.63) is 59.7 Å². The molecule has 0 aliphatic heterocycles. The van der Waals surface area contributed by atoms with Crippen molar-refractivity contribution >= 4 is 48.1 Å². The van der Waals surface area contributed by atoms with Gasteiger partial charge in [0.2, 0.25) is 17.7 Å². The average molecular weight is 579 g/mol. The molecule has 0 aliphatic carbocycles. The van der Waals surface area contributed by atoms with Crippen LogP contribution in [0.2, 0.25) is 0 Å². The van der Waals surface area contributed by atoms with Gasteiger partial charge in [0.1, 0.15) is 29.6 Å². The molecule has 0 spiro atoms. The molecule has 4 unspecified atom stereocenters. The maximum atomic E-state index is 13.3. The quantitative estimate of drug-likeness (QED) is 0.139. The van der Waals surface area contributed by atoms with Gasteiger partial charge in [-0.25, -0.2) is 4.79 Å². The highest BCUT2D eigenvalue weighted by molar-refractivity contribution is 7.98. The van der Waals surface area contributed by atoms with E-state index in [4.69, 9.17) is 5.73 Å². The molecule has 3 amide bonds. The number of hydrogen-bond donors (Lipinski definition) is 8. The number of amides is 3. The number of nitrogens with one attached hydrogen (secondary N) is 3. The second-order valence-electron chi connectivity index (χ2n) is 8.83. The molecule has 0 heterocycles. The van der Waals surface area contributed by atoms with Crippen molar-refractivity contribution in [2.24, 2.45) is 5.73 Å². The average Bonchev–Trinajstić information content (AvgIpc) is 2.91. The third kappa shape index (κ3) is 10.7. The van der Waals surface area contributed by atoms with Gasteiger partial charge in [0, 0.05) is 12.2 Å². The van der Waals surface area contributed by atoms with Crippen LogP contribution in [0.5, 0.6) is 11.5 Å². The molecule has 11 nitrogen and oxygen atoms in total. The second kappa shape index (κ2) is 15.9. The summed E-state index contributed by atoms with van der Waals surface area (Å²) in [6, 6.07) is 7.82. The number of phenolic OH excluding ortho intramolecular Hbond substituents is 2. The summed E-state index contributed by atoms with van der Waals surface area (Å²) >= 11 is 5.43. The van der Waals surface area contributed by atoms with E-state index in [1.165, 1.54) is 36.0 Å². The predicted molar refractivity (Wildman–Crippen MR) is 152 cm³/mol. The van der Waals surface area contributed by atoms with E-state index in [1.54, 1.807) is 24.3 Å². The number of carbonyl (C=O) groups is 4. The van der Waals surface area contributed by atoms with Crippen LogP contribution in [-0.4, -0.2) is 80.9 Å². The molecular weight excluding hydrogens is 544 g/mol. The van der Waals surface area contributed by atoms with Gasteiger partial charge in [-0.1, -0.05) is 24.3 Å². The van der Waals surface area contributed by atoms with Crippen molar-refractivity contribution in [1.29, 1.82) is 0 Å². The van der Waals surface area contributed by atoms with E-state index in [-0.39, 0.29) is 36.5 Å². The van der Waals surface area contributed by atoms with Gasteiger partial charge >= 0.3 is 5.97 Å². The number of thioether (sulfide) groups is 1. The van der Waals surface area contributed by atoms with E-state index in [1.807, 2.05) is 6.26 Å². The largest absolute Gasteiger partial charge is 0.508 e. The highest BCUT2D eigenvalue weighted by atomic mass is 32.2. The lowest BCUT2D eigenvalue weighted by Crippen LogP contribution is -2.58. The summed E-state index contributed by atoms with van der Waals surface area (Å²) in [5.41, 5.74) is 7.40. The van der Waals surface area contributed by atoms with Crippen LogP contribution in [0.3, 0.4) is 0 Å². The Balaban J connectivity index is 2.18. The molecule has 0 aromatic heterocycles. The number of nitrogens with two attached hydrogens (primary N) is 1. The zero-order valence-electron chi connectivity index (χ0n) is 21.4. The van der Waals surface area contributed by atoms with Crippen LogP contribution in [0.1, 0.15) is 17.5 Å². The maximum absolute atomic E-state index is 13.3. The Labute approximate surface area is 236 Å². The van der Waals surface area contributed by atoms with Gasteiger partial charge in [-0.3, -0.25) is 14.4 Å². The van der Waals surface area contributed by atoms with E-state index in [9.17, 15) is 34.5 Å². The van der Waals surface area contributed by atoms with Crippen LogP contribution >= 0.6 is 24.4 Å². The number of carbonyl (C=O) groups excluding carboxylic acids is 3. The molecule has 0 radical (unpaired) electrons. The molecule has 4 atom stereocenters.